The van der Waals surface area contributed by atoms with Gasteiger partial charge in [-0.25, -0.2) is 9.59 Å². The number of carboxylic acid groups (broad SMARTS) is 1. The highest BCUT2D eigenvalue weighted by atomic mass is 31.1. The number of Topliss-reactive ketones (excluding diaryl/α,β-unsaturated/α-hetero) is 1. The molecule has 366 valence electrons. The number of likely N-dealkylation sites (tertiary alicyclic amines) is 2. The number of rotatable bonds is 17. The molecule has 2 saturated heterocycles. The maximum Gasteiger partial charge on any atom is 0.410 e. The van der Waals surface area contributed by atoms with E-state index in [4.69, 9.17) is 13.6 Å². The highest BCUT2D eigenvalue weighted by molar-refractivity contribution is 7.51. The fourth-order valence-electron chi connectivity index (χ4n) is 8.76. The van der Waals surface area contributed by atoms with Gasteiger partial charge in [0.25, 0.3) is 0 Å². The molecule has 1 N–H and O–H groups in total. The van der Waals surface area contributed by atoms with Crippen LogP contribution in [0, 0.1) is 5.92 Å². The summed E-state index contributed by atoms with van der Waals surface area (Å²) in [7, 11) is -4.37. The largest absolute Gasteiger partial charge is 0.476 e. The van der Waals surface area contributed by atoms with Crippen LogP contribution in [-0.2, 0) is 28.0 Å². The van der Waals surface area contributed by atoms with Crippen LogP contribution in [0.4, 0.5) is 4.79 Å². The predicted molar refractivity (Wildman–Crippen MR) is 286 cm³/mol. The number of allylic oxidation sites excluding steroid dienone is 1. The molecule has 0 saturated carbocycles. The van der Waals surface area contributed by atoms with Gasteiger partial charge < -0.3 is 18.7 Å². The molecule has 2 amide bonds. The van der Waals surface area contributed by atoms with Gasteiger partial charge >= 0.3 is 12.1 Å². The summed E-state index contributed by atoms with van der Waals surface area (Å²) in [6.45, 7) is 29.1. The Morgan fingerprint density at radius 3 is 1.87 bits per heavy atom. The van der Waals surface area contributed by atoms with Crippen LogP contribution in [0.1, 0.15) is 68.2 Å². The van der Waals surface area contributed by atoms with Crippen molar-refractivity contribution in [1.29, 1.82) is 0 Å². The van der Waals surface area contributed by atoms with E-state index < -0.39 is 58.7 Å². The fraction of sp³-hybridized carbons (Fsp3) is 0.411. The Balaban J connectivity index is 1.45. The van der Waals surface area contributed by atoms with Gasteiger partial charge in [0.1, 0.15) is 6.61 Å². The summed E-state index contributed by atoms with van der Waals surface area (Å²) in [4.78, 5) is 59.6. The van der Waals surface area contributed by atoms with Crippen LogP contribution in [0.15, 0.2) is 127 Å². The van der Waals surface area contributed by atoms with Crippen LogP contribution >= 0.6 is 8.20 Å². The molecule has 0 unspecified atom stereocenters. The molecule has 4 aromatic carbocycles. The Labute approximate surface area is 413 Å². The second-order valence-electron chi connectivity index (χ2n) is 21.4. The fourth-order valence-corrected chi connectivity index (χ4v) is 12.7. The van der Waals surface area contributed by atoms with Crippen LogP contribution < -0.4 is 5.30 Å². The molecule has 2 aliphatic rings. The molecule has 2 fully saturated rings. The molecule has 69 heavy (non-hydrogen) atoms. The number of carbonyl (C=O) groups is 4. The topological polar surface area (TPSA) is 123 Å². The molecule has 0 aromatic heterocycles. The molecule has 0 radical (unpaired) electrons. The second kappa shape index (κ2) is 21.4. The Morgan fingerprint density at radius 2 is 1.35 bits per heavy atom. The maximum atomic E-state index is 14.8. The molecule has 6 rings (SSSR count). The number of ketones is 1. The molecule has 2 aliphatic heterocycles. The van der Waals surface area contributed by atoms with Crippen LogP contribution in [0.2, 0.25) is 36.3 Å². The van der Waals surface area contributed by atoms with Gasteiger partial charge in [0.15, 0.2) is 27.8 Å². The van der Waals surface area contributed by atoms with Gasteiger partial charge in [0.05, 0.1) is 30.2 Å². The molecule has 4 aromatic rings. The Morgan fingerprint density at radius 1 is 0.812 bits per heavy atom. The number of amides is 2. The SMILES string of the molecule is C=CCOC(=O)N1C[C@H](O[Si](C)(C)C(C)(C)C)C[C@H]1C=C(C)C(=O)C[C@@H]1[C@@H]([C@@H](C)O[Si](C)(C)C(C)(C)C)C(=O)N1C(=Pc1ccc(-c2ccccc2)c(-c2ccccc2)c1-c1ccccc1)C(=O)O. The first-order valence-electron chi connectivity index (χ1n) is 24.0. The zero-order valence-electron chi connectivity index (χ0n) is 42.5. The molecule has 0 aliphatic carbocycles. The predicted octanol–water partition coefficient (Wildman–Crippen LogP) is 12.4. The number of ether oxygens (including phenoxy) is 1. The van der Waals surface area contributed by atoms with Crippen molar-refractivity contribution >= 4 is 59.3 Å². The quantitative estimate of drug-likeness (QED) is 0.0365. The van der Waals surface area contributed by atoms with Crippen molar-refractivity contribution in [3.8, 4) is 33.4 Å². The van der Waals surface area contributed by atoms with E-state index in [1.807, 2.05) is 85.8 Å². The van der Waals surface area contributed by atoms with Gasteiger partial charge in [0.2, 0.25) is 5.91 Å². The second-order valence-corrected chi connectivity index (χ2v) is 32.0. The van der Waals surface area contributed by atoms with E-state index in [1.54, 1.807) is 17.9 Å². The number of carboxylic acids is 1. The molecule has 5 atom stereocenters. The van der Waals surface area contributed by atoms with Crippen molar-refractivity contribution in [2.24, 2.45) is 5.92 Å². The lowest BCUT2D eigenvalue weighted by atomic mass is 9.79. The summed E-state index contributed by atoms with van der Waals surface area (Å²) in [6.07, 6.45) is 2.25. The van der Waals surface area contributed by atoms with E-state index in [9.17, 15) is 24.3 Å². The summed E-state index contributed by atoms with van der Waals surface area (Å²) >= 11 is 0. The number of nitrogens with zero attached hydrogens (tertiary/aromatic N) is 2. The summed E-state index contributed by atoms with van der Waals surface area (Å²) in [5.74, 6) is -2.70. The van der Waals surface area contributed by atoms with Crippen LogP contribution in [-0.4, -0.2) is 98.2 Å². The Bertz CT molecular complexity index is 2580. The van der Waals surface area contributed by atoms with Crippen molar-refractivity contribution < 1.29 is 37.9 Å². The van der Waals surface area contributed by atoms with E-state index in [1.165, 1.54) is 11.0 Å². The van der Waals surface area contributed by atoms with Gasteiger partial charge in [-0.2, -0.15) is 0 Å². The van der Waals surface area contributed by atoms with E-state index in [0.29, 0.717) is 23.8 Å². The summed E-state index contributed by atoms with van der Waals surface area (Å²) in [5, 5.41) is 11.7. The zero-order chi connectivity index (χ0) is 50.6. The molecular formula is C56H71N2O8PSi2. The third-order valence-electron chi connectivity index (χ3n) is 14.5. The number of β-lactam (4-membered cyclic amide) rings is 1. The third kappa shape index (κ3) is 11.9. The van der Waals surface area contributed by atoms with Gasteiger partial charge in [0, 0.05) is 23.8 Å². The minimum absolute atomic E-state index is 0.0405. The Kier molecular flexibility index (Phi) is 16.5. The van der Waals surface area contributed by atoms with E-state index in [0.717, 1.165) is 33.4 Å². The Hall–Kier alpha value is -5.24. The van der Waals surface area contributed by atoms with Crippen LogP contribution in [0.25, 0.3) is 33.4 Å². The van der Waals surface area contributed by atoms with Crippen LogP contribution in [0.3, 0.4) is 0 Å². The summed E-state index contributed by atoms with van der Waals surface area (Å²) in [5.41, 5.74) is 5.87. The van der Waals surface area contributed by atoms with Crippen molar-refractivity contribution in [3.05, 3.63) is 127 Å². The van der Waals surface area contributed by atoms with Crippen molar-refractivity contribution in [2.75, 3.05) is 13.2 Å². The number of aliphatic carboxylic acids is 1. The molecule has 2 heterocycles. The molecule has 0 bridgehead atoms. The van der Waals surface area contributed by atoms with Gasteiger partial charge in [-0.05, 0) is 104 Å². The van der Waals surface area contributed by atoms with E-state index in [2.05, 4.69) is 98.6 Å². The molecule has 0 spiro atoms. The lowest BCUT2D eigenvalue weighted by molar-refractivity contribution is -0.157. The molecular weight excluding hydrogens is 916 g/mol. The third-order valence-corrected chi connectivity index (χ3v) is 24.8. The number of hydrogen-bond acceptors (Lipinski definition) is 7. The normalized spacial score (nSPS) is 19.8. The van der Waals surface area contributed by atoms with Crippen molar-refractivity contribution in [3.63, 3.8) is 0 Å². The molecule has 13 heteroatoms. The minimum Gasteiger partial charge on any atom is -0.476 e. The smallest absolute Gasteiger partial charge is 0.410 e. The summed E-state index contributed by atoms with van der Waals surface area (Å²) < 4.78 is 19.1. The number of hydrogen-bond donors (Lipinski definition) is 1. The molecule has 10 nitrogen and oxygen atoms in total. The van der Waals surface area contributed by atoms with E-state index >= 15 is 0 Å². The standard InChI is InChI=1S/C56H71N2O8PSi2/c1-14-32-64-54(63)57-36-43(66-69(12,13)56(7,8)9)34-42(57)33-37(2)46(59)35-45-48(38(3)65-68(10,11)55(4,5)6)51(60)58(45)52(53(61)62)67-47-31-30-44(39-24-18-15-19-25-39)49(40-26-20-16-21-27-40)50(47)41-28-22-17-23-29-41/h14-31,33,38,42-43,45,48H,1,32,34-36H2,2-13H3,(H,61,62)/t38-,42-,43-,45-,48-/m1/s1. The van der Waals surface area contributed by atoms with E-state index in [-0.39, 0.29) is 48.6 Å². The number of benzene rings is 4. The van der Waals surface area contributed by atoms with Crippen molar-refractivity contribution in [2.45, 2.75) is 129 Å². The van der Waals surface area contributed by atoms with Crippen molar-refractivity contribution in [1.82, 2.24) is 9.80 Å². The monoisotopic (exact) mass is 986 g/mol. The highest BCUT2D eigenvalue weighted by Gasteiger charge is 2.55. The van der Waals surface area contributed by atoms with Gasteiger partial charge in [-0.15, -0.1) is 0 Å². The average Bonchev–Trinajstić information content (AvgIpc) is 3.68. The first-order chi connectivity index (χ1) is 32.4. The first kappa shape index (κ1) is 53.1. The average molecular weight is 987 g/mol. The van der Waals surface area contributed by atoms with Gasteiger partial charge in [-0.3, -0.25) is 19.4 Å². The maximum absolute atomic E-state index is 14.8. The lowest BCUT2D eigenvalue weighted by Gasteiger charge is -2.51. The van der Waals surface area contributed by atoms with Gasteiger partial charge in [-0.1, -0.05) is 157 Å². The summed E-state index contributed by atoms with van der Waals surface area (Å²) in [6, 6.07) is 32.7. The minimum atomic E-state index is -2.43. The first-order valence-corrected chi connectivity index (χ1v) is 30.7. The number of carbonyl (C=O) groups excluding carboxylic acids is 3. The zero-order valence-corrected chi connectivity index (χ0v) is 45.4. The lowest BCUT2D eigenvalue weighted by Crippen LogP contribution is -2.68. The highest BCUT2D eigenvalue weighted by Crippen LogP contribution is 2.44. The van der Waals surface area contributed by atoms with Crippen LogP contribution in [0.5, 0.6) is 0 Å².